The van der Waals surface area contributed by atoms with Gasteiger partial charge in [0.25, 0.3) is 0 Å². The summed E-state index contributed by atoms with van der Waals surface area (Å²) in [6.45, 7) is 20.1. The number of rotatable bonds is 8. The number of benzene rings is 1. The number of phenols is 1. The van der Waals surface area contributed by atoms with Gasteiger partial charge in [-0.2, -0.15) is 0 Å². The Labute approximate surface area is 210 Å². The van der Waals surface area contributed by atoms with Gasteiger partial charge in [0.05, 0.1) is 0 Å². The molecule has 0 heterocycles. The van der Waals surface area contributed by atoms with Gasteiger partial charge in [-0.25, -0.2) is 4.79 Å². The molecule has 3 amide bonds. The lowest BCUT2D eigenvalue weighted by molar-refractivity contribution is -0.150. The molecule has 0 saturated heterocycles. The van der Waals surface area contributed by atoms with Crippen LogP contribution in [0, 0.1) is 5.92 Å². The first-order chi connectivity index (χ1) is 15.8. The molecule has 0 aliphatic heterocycles. The maximum Gasteiger partial charge on any atom is 0.408 e. The fraction of sp³-hybridized carbons (Fsp3) is 0.667. The Morgan fingerprint density at radius 2 is 1.54 bits per heavy atom. The van der Waals surface area contributed by atoms with Gasteiger partial charge < -0.3 is 25.4 Å². The van der Waals surface area contributed by atoms with Gasteiger partial charge in [0, 0.05) is 16.6 Å². The molecule has 3 N–H and O–H groups in total. The lowest BCUT2D eigenvalue weighted by Crippen LogP contribution is -2.61. The average Bonchev–Trinajstić information content (AvgIpc) is 2.67. The van der Waals surface area contributed by atoms with Crippen molar-refractivity contribution in [2.24, 2.45) is 5.92 Å². The van der Waals surface area contributed by atoms with Crippen LogP contribution in [-0.2, 0) is 14.3 Å². The summed E-state index contributed by atoms with van der Waals surface area (Å²) < 4.78 is 5.40. The molecule has 0 spiro atoms. The van der Waals surface area contributed by atoms with Crippen molar-refractivity contribution in [3.8, 4) is 5.75 Å². The predicted octanol–water partition coefficient (Wildman–Crippen LogP) is 4.91. The molecule has 0 bridgehead atoms. The molecule has 1 rings (SSSR count). The monoisotopic (exact) mass is 491 g/mol. The van der Waals surface area contributed by atoms with E-state index in [-0.39, 0.29) is 11.7 Å². The first-order valence-electron chi connectivity index (χ1n) is 12.2. The van der Waals surface area contributed by atoms with Gasteiger partial charge in [0.2, 0.25) is 11.8 Å². The molecule has 198 valence electrons. The minimum absolute atomic E-state index is 0.0903. The Kier molecular flexibility index (Phi) is 9.78. The summed E-state index contributed by atoms with van der Waals surface area (Å²) in [6, 6.07) is 4.43. The van der Waals surface area contributed by atoms with Crippen LogP contribution in [0.15, 0.2) is 24.3 Å². The molecular weight excluding hydrogens is 446 g/mol. The van der Waals surface area contributed by atoms with E-state index in [0.29, 0.717) is 12.0 Å². The minimum Gasteiger partial charge on any atom is -0.508 e. The third kappa shape index (κ3) is 8.75. The number of ether oxygens (including phenoxy) is 1. The summed E-state index contributed by atoms with van der Waals surface area (Å²) in [4.78, 5) is 42.0. The number of nitrogens with zero attached hydrogens (tertiary/aromatic N) is 1. The van der Waals surface area contributed by atoms with Gasteiger partial charge in [0.15, 0.2) is 0 Å². The van der Waals surface area contributed by atoms with E-state index in [0.717, 1.165) is 0 Å². The summed E-state index contributed by atoms with van der Waals surface area (Å²) >= 11 is 0. The summed E-state index contributed by atoms with van der Waals surface area (Å²) in [5.74, 6) is -1.24. The van der Waals surface area contributed by atoms with Crippen LogP contribution in [0.3, 0.4) is 0 Å². The summed E-state index contributed by atoms with van der Waals surface area (Å²) in [7, 11) is 0. The summed E-state index contributed by atoms with van der Waals surface area (Å²) in [5.41, 5.74) is -1.79. The van der Waals surface area contributed by atoms with Gasteiger partial charge in [-0.05, 0) is 73.8 Å². The van der Waals surface area contributed by atoms with Gasteiger partial charge in [-0.3, -0.25) is 9.59 Å². The summed E-state index contributed by atoms with van der Waals surface area (Å²) in [6.07, 6.45) is -0.180. The lowest BCUT2D eigenvalue weighted by atomic mass is 9.89. The number of hydrogen-bond acceptors (Lipinski definition) is 5. The molecule has 0 saturated carbocycles. The topological polar surface area (TPSA) is 108 Å². The lowest BCUT2D eigenvalue weighted by Gasteiger charge is -2.45. The van der Waals surface area contributed by atoms with E-state index in [1.165, 1.54) is 11.0 Å². The van der Waals surface area contributed by atoms with Crippen LogP contribution in [0.4, 0.5) is 4.79 Å². The second-order valence-corrected chi connectivity index (χ2v) is 11.9. The Morgan fingerprint density at radius 1 is 1.00 bits per heavy atom. The summed E-state index contributed by atoms with van der Waals surface area (Å²) in [5, 5.41) is 16.4. The van der Waals surface area contributed by atoms with Crippen molar-refractivity contribution in [2.45, 2.75) is 111 Å². The molecule has 35 heavy (non-hydrogen) atoms. The van der Waals surface area contributed by atoms with Gasteiger partial charge in [0.1, 0.15) is 23.4 Å². The van der Waals surface area contributed by atoms with E-state index in [9.17, 15) is 19.5 Å². The molecular formula is C27H45N3O5. The third-order valence-corrected chi connectivity index (χ3v) is 5.60. The van der Waals surface area contributed by atoms with Crippen LogP contribution >= 0.6 is 0 Å². The number of para-hydroxylation sites is 1. The molecule has 2 unspecified atom stereocenters. The maximum absolute atomic E-state index is 14.2. The van der Waals surface area contributed by atoms with E-state index in [1.54, 1.807) is 39.0 Å². The van der Waals surface area contributed by atoms with Crippen molar-refractivity contribution in [1.29, 1.82) is 0 Å². The molecule has 0 aliphatic carbocycles. The van der Waals surface area contributed by atoms with E-state index in [2.05, 4.69) is 10.6 Å². The number of alkyl carbamates (subject to hydrolysis) is 1. The quantitative estimate of drug-likeness (QED) is 0.479. The smallest absolute Gasteiger partial charge is 0.408 e. The van der Waals surface area contributed by atoms with E-state index in [4.69, 9.17) is 4.74 Å². The first kappa shape index (κ1) is 30.3. The molecule has 8 heteroatoms. The average molecular weight is 492 g/mol. The van der Waals surface area contributed by atoms with Gasteiger partial charge in [-0.1, -0.05) is 39.0 Å². The second-order valence-electron chi connectivity index (χ2n) is 11.9. The van der Waals surface area contributed by atoms with Crippen LogP contribution in [0.1, 0.15) is 94.2 Å². The molecule has 1 aromatic carbocycles. The maximum atomic E-state index is 14.2. The number of carbonyl (C=O) groups excluding carboxylic acids is 3. The standard InChI is InChI=1S/C27H45N3O5/c1-12-27(10,11)30(23(33)20(17(2)3)28-24(34)35-26(7,8)9)21(22(32)29-25(4,5)6)18-15-13-14-16-19(18)31/h13-17,20-21,31H,12H2,1-11H3,(H,28,34)(H,29,32). The van der Waals surface area contributed by atoms with E-state index in [1.807, 2.05) is 55.4 Å². The fourth-order valence-electron chi connectivity index (χ4n) is 3.60. The van der Waals surface area contributed by atoms with Crippen molar-refractivity contribution in [3.05, 3.63) is 29.8 Å². The fourth-order valence-corrected chi connectivity index (χ4v) is 3.60. The van der Waals surface area contributed by atoms with Crippen LogP contribution < -0.4 is 10.6 Å². The minimum atomic E-state index is -1.13. The zero-order chi connectivity index (χ0) is 27.4. The van der Waals surface area contributed by atoms with E-state index >= 15 is 0 Å². The molecule has 0 radical (unpaired) electrons. The highest BCUT2D eigenvalue weighted by Gasteiger charge is 2.45. The zero-order valence-electron chi connectivity index (χ0n) is 23.3. The Morgan fingerprint density at radius 3 is 1.97 bits per heavy atom. The van der Waals surface area contributed by atoms with Crippen LogP contribution in [0.25, 0.3) is 0 Å². The highest BCUT2D eigenvalue weighted by Crippen LogP contribution is 2.36. The molecule has 8 nitrogen and oxygen atoms in total. The van der Waals surface area contributed by atoms with E-state index < -0.39 is 46.7 Å². The number of hydrogen-bond donors (Lipinski definition) is 3. The molecule has 1 aromatic rings. The SMILES string of the molecule is CCC(C)(C)N(C(=O)C(NC(=O)OC(C)(C)C)C(C)C)C(C(=O)NC(C)(C)C)c1ccccc1O. The molecule has 0 aliphatic rings. The van der Waals surface area contributed by atoms with Crippen LogP contribution in [-0.4, -0.2) is 50.6 Å². The molecule has 2 atom stereocenters. The van der Waals surface area contributed by atoms with Crippen LogP contribution in [0.2, 0.25) is 0 Å². The van der Waals surface area contributed by atoms with Crippen molar-refractivity contribution in [2.75, 3.05) is 0 Å². The number of phenolic OH excluding ortho intramolecular Hbond substituents is 1. The Hall–Kier alpha value is -2.77. The number of aromatic hydroxyl groups is 1. The molecule has 0 fully saturated rings. The highest BCUT2D eigenvalue weighted by molar-refractivity contribution is 5.93. The highest BCUT2D eigenvalue weighted by atomic mass is 16.6. The van der Waals surface area contributed by atoms with Crippen molar-refractivity contribution in [1.82, 2.24) is 15.5 Å². The Balaban J connectivity index is 3.68. The molecule has 0 aromatic heterocycles. The number of amides is 3. The van der Waals surface area contributed by atoms with Gasteiger partial charge in [-0.15, -0.1) is 0 Å². The van der Waals surface area contributed by atoms with Gasteiger partial charge >= 0.3 is 6.09 Å². The third-order valence-electron chi connectivity index (χ3n) is 5.60. The normalized spacial score (nSPS) is 14.2. The predicted molar refractivity (Wildman–Crippen MR) is 138 cm³/mol. The van der Waals surface area contributed by atoms with Crippen molar-refractivity contribution >= 4 is 17.9 Å². The number of nitrogens with one attached hydrogen (secondary N) is 2. The first-order valence-corrected chi connectivity index (χ1v) is 12.2. The second kappa shape index (κ2) is 11.3. The Bertz CT molecular complexity index is 897. The zero-order valence-corrected chi connectivity index (χ0v) is 23.3. The van der Waals surface area contributed by atoms with Crippen molar-refractivity contribution < 1.29 is 24.2 Å². The van der Waals surface area contributed by atoms with Crippen molar-refractivity contribution in [3.63, 3.8) is 0 Å². The largest absolute Gasteiger partial charge is 0.508 e. The van der Waals surface area contributed by atoms with Crippen LogP contribution in [0.5, 0.6) is 5.75 Å². The number of carbonyl (C=O) groups is 3.